The van der Waals surface area contributed by atoms with Gasteiger partial charge in [0.25, 0.3) is 0 Å². The molecular weight excluding hydrogens is 266 g/mol. The van der Waals surface area contributed by atoms with Gasteiger partial charge in [0.15, 0.2) is 11.5 Å². The van der Waals surface area contributed by atoms with Gasteiger partial charge in [0.05, 0.1) is 5.69 Å². The van der Waals surface area contributed by atoms with Gasteiger partial charge in [-0.05, 0) is 30.8 Å². The lowest BCUT2D eigenvalue weighted by molar-refractivity contribution is 0.171. The van der Waals surface area contributed by atoms with Crippen LogP contribution in [0.15, 0.2) is 36.5 Å². The van der Waals surface area contributed by atoms with Gasteiger partial charge in [0.2, 0.25) is 0 Å². The fourth-order valence-electron chi connectivity index (χ4n) is 2.40. The van der Waals surface area contributed by atoms with Gasteiger partial charge in [-0.1, -0.05) is 6.07 Å². The summed E-state index contributed by atoms with van der Waals surface area (Å²) in [6, 6.07) is 9.75. The van der Waals surface area contributed by atoms with E-state index in [1.807, 2.05) is 43.6 Å². The number of pyridine rings is 1. The largest absolute Gasteiger partial charge is 0.486 e. The minimum Gasteiger partial charge on any atom is -0.486 e. The van der Waals surface area contributed by atoms with Gasteiger partial charge in [0.1, 0.15) is 13.2 Å². The van der Waals surface area contributed by atoms with Gasteiger partial charge in [-0.15, -0.1) is 0 Å². The Morgan fingerprint density at radius 2 is 1.90 bits per heavy atom. The Morgan fingerprint density at radius 3 is 2.62 bits per heavy atom. The first kappa shape index (κ1) is 13.7. The van der Waals surface area contributed by atoms with Crippen LogP contribution in [0.4, 0.5) is 5.69 Å². The van der Waals surface area contributed by atoms with Crippen molar-refractivity contribution in [3.05, 3.63) is 47.8 Å². The number of fused-ring (bicyclic) bond motifs is 1. The highest BCUT2D eigenvalue weighted by Crippen LogP contribution is 2.34. The molecule has 1 aliphatic heterocycles. The van der Waals surface area contributed by atoms with Crippen molar-refractivity contribution in [1.82, 2.24) is 9.88 Å². The topological polar surface area (TPSA) is 60.6 Å². The number of hydrogen-bond acceptors (Lipinski definition) is 5. The number of rotatable bonds is 4. The second kappa shape index (κ2) is 6.01. The molecule has 0 aliphatic carbocycles. The fraction of sp³-hybridized carbons (Fsp3) is 0.312. The molecule has 3 rings (SSSR count). The van der Waals surface area contributed by atoms with E-state index in [1.165, 1.54) is 0 Å². The summed E-state index contributed by atoms with van der Waals surface area (Å²) < 4.78 is 11.1. The molecule has 2 N–H and O–H groups in total. The third kappa shape index (κ3) is 3.25. The molecule has 21 heavy (non-hydrogen) atoms. The smallest absolute Gasteiger partial charge is 0.163 e. The average molecular weight is 285 g/mol. The van der Waals surface area contributed by atoms with Crippen LogP contribution in [-0.4, -0.2) is 30.1 Å². The maximum Gasteiger partial charge on any atom is 0.163 e. The van der Waals surface area contributed by atoms with E-state index in [-0.39, 0.29) is 0 Å². The lowest BCUT2D eigenvalue weighted by Gasteiger charge is -2.22. The maximum absolute atomic E-state index is 6.11. The normalized spacial score (nSPS) is 13.4. The molecule has 0 radical (unpaired) electrons. The van der Waals surface area contributed by atoms with Crippen LogP contribution >= 0.6 is 0 Å². The summed E-state index contributed by atoms with van der Waals surface area (Å²) in [7, 11) is 2.05. The molecule has 1 aliphatic rings. The minimum atomic E-state index is 0.575. The molecular formula is C16H19N3O2. The molecule has 110 valence electrons. The van der Waals surface area contributed by atoms with Gasteiger partial charge in [-0.2, -0.15) is 0 Å². The second-order valence-electron chi connectivity index (χ2n) is 5.19. The second-order valence-corrected chi connectivity index (χ2v) is 5.19. The predicted molar refractivity (Wildman–Crippen MR) is 81.3 cm³/mol. The molecule has 0 unspecified atom stereocenters. The highest BCUT2D eigenvalue weighted by atomic mass is 16.6. The molecule has 0 atom stereocenters. The van der Waals surface area contributed by atoms with E-state index in [0.29, 0.717) is 13.2 Å². The van der Waals surface area contributed by atoms with Crippen LogP contribution in [0, 0.1) is 0 Å². The maximum atomic E-state index is 6.11. The minimum absolute atomic E-state index is 0.575. The molecule has 0 saturated heterocycles. The number of ether oxygens (including phenoxy) is 2. The Bertz CT molecular complexity index is 616. The van der Waals surface area contributed by atoms with E-state index in [4.69, 9.17) is 15.2 Å². The number of anilines is 1. The van der Waals surface area contributed by atoms with E-state index < -0.39 is 0 Å². The molecule has 0 spiro atoms. The van der Waals surface area contributed by atoms with Crippen molar-refractivity contribution in [3.63, 3.8) is 0 Å². The fourth-order valence-corrected chi connectivity index (χ4v) is 2.40. The summed E-state index contributed by atoms with van der Waals surface area (Å²) in [4.78, 5) is 6.51. The molecule has 0 fully saturated rings. The van der Waals surface area contributed by atoms with Crippen LogP contribution in [0.25, 0.3) is 0 Å². The van der Waals surface area contributed by atoms with Crippen molar-refractivity contribution in [1.29, 1.82) is 0 Å². The number of benzene rings is 1. The third-order valence-corrected chi connectivity index (χ3v) is 3.40. The number of nitrogen functional groups attached to an aromatic ring is 1. The van der Waals surface area contributed by atoms with Crippen molar-refractivity contribution in [2.24, 2.45) is 0 Å². The van der Waals surface area contributed by atoms with Crippen LogP contribution < -0.4 is 15.2 Å². The third-order valence-electron chi connectivity index (χ3n) is 3.40. The Balaban J connectivity index is 1.72. The van der Waals surface area contributed by atoms with Crippen LogP contribution in [0.3, 0.4) is 0 Å². The van der Waals surface area contributed by atoms with Crippen LogP contribution in [0.2, 0.25) is 0 Å². The number of nitrogens with zero attached hydrogens (tertiary/aromatic N) is 2. The van der Waals surface area contributed by atoms with Gasteiger partial charge < -0.3 is 15.2 Å². The summed E-state index contributed by atoms with van der Waals surface area (Å²) in [5.41, 5.74) is 8.91. The van der Waals surface area contributed by atoms with Crippen LogP contribution in [-0.2, 0) is 13.1 Å². The van der Waals surface area contributed by atoms with Crippen LogP contribution in [0.1, 0.15) is 11.3 Å². The first-order valence-corrected chi connectivity index (χ1v) is 6.99. The zero-order chi connectivity index (χ0) is 14.7. The Kier molecular flexibility index (Phi) is 3.92. The standard InChI is InChI=1S/C16H19N3O2/c1-19(11-13-4-2-3-5-18-13)10-12-8-15-16(9-14(12)17)21-7-6-20-15/h2-5,8-9H,6-7,10-11,17H2,1H3. The van der Waals surface area contributed by atoms with E-state index >= 15 is 0 Å². The zero-order valence-corrected chi connectivity index (χ0v) is 12.1. The number of aromatic nitrogens is 1. The molecule has 1 aromatic carbocycles. The first-order chi connectivity index (χ1) is 10.2. The zero-order valence-electron chi connectivity index (χ0n) is 12.1. The highest BCUT2D eigenvalue weighted by molar-refractivity contribution is 5.58. The molecule has 2 heterocycles. The van der Waals surface area contributed by atoms with E-state index in [0.717, 1.165) is 41.5 Å². The van der Waals surface area contributed by atoms with Crippen molar-refractivity contribution >= 4 is 5.69 Å². The first-order valence-electron chi connectivity index (χ1n) is 6.99. The summed E-state index contributed by atoms with van der Waals surface area (Å²) in [6.07, 6.45) is 1.81. The molecule has 5 nitrogen and oxygen atoms in total. The van der Waals surface area contributed by atoms with E-state index in [9.17, 15) is 0 Å². The molecule has 1 aromatic heterocycles. The molecule has 2 aromatic rings. The molecule has 0 bridgehead atoms. The van der Waals surface area contributed by atoms with E-state index in [2.05, 4.69) is 9.88 Å². The predicted octanol–water partition coefficient (Wildman–Crippen LogP) is 2.07. The summed E-state index contributed by atoms with van der Waals surface area (Å²) in [5, 5.41) is 0. The molecule has 0 amide bonds. The van der Waals surface area contributed by atoms with E-state index in [1.54, 1.807) is 0 Å². The van der Waals surface area contributed by atoms with Crippen molar-refractivity contribution in [3.8, 4) is 11.5 Å². The van der Waals surface area contributed by atoms with Crippen molar-refractivity contribution in [2.45, 2.75) is 13.1 Å². The number of nitrogens with two attached hydrogens (primary N) is 1. The SMILES string of the molecule is CN(Cc1ccccn1)Cc1cc2c(cc1N)OCCO2. The lowest BCUT2D eigenvalue weighted by atomic mass is 10.1. The number of hydrogen-bond donors (Lipinski definition) is 1. The van der Waals surface area contributed by atoms with Gasteiger partial charge in [-0.3, -0.25) is 9.88 Å². The highest BCUT2D eigenvalue weighted by Gasteiger charge is 2.15. The van der Waals surface area contributed by atoms with Gasteiger partial charge in [-0.25, -0.2) is 0 Å². The summed E-state index contributed by atoms with van der Waals surface area (Å²) in [5.74, 6) is 1.51. The summed E-state index contributed by atoms with van der Waals surface area (Å²) >= 11 is 0. The van der Waals surface area contributed by atoms with Crippen molar-refractivity contribution in [2.75, 3.05) is 26.0 Å². The lowest BCUT2D eigenvalue weighted by Crippen LogP contribution is -2.20. The quantitative estimate of drug-likeness (QED) is 0.871. The molecule has 5 heteroatoms. The Morgan fingerprint density at radius 1 is 1.14 bits per heavy atom. The van der Waals surface area contributed by atoms with Gasteiger partial charge >= 0.3 is 0 Å². The summed E-state index contributed by atoms with van der Waals surface area (Å²) in [6.45, 7) is 2.67. The van der Waals surface area contributed by atoms with Gasteiger partial charge in [0, 0.05) is 31.0 Å². The average Bonchev–Trinajstić information content (AvgIpc) is 2.49. The Hall–Kier alpha value is -2.27. The molecule has 0 saturated carbocycles. The van der Waals surface area contributed by atoms with Crippen LogP contribution in [0.5, 0.6) is 11.5 Å². The van der Waals surface area contributed by atoms with Crippen molar-refractivity contribution < 1.29 is 9.47 Å². The monoisotopic (exact) mass is 285 g/mol. The Labute approximate surface area is 124 Å².